The number of para-hydroxylation sites is 1. The minimum atomic E-state index is -0.314. The molecule has 0 atom stereocenters. The Balaban J connectivity index is 1.96. The van der Waals surface area contributed by atoms with Crippen LogP contribution in [0.4, 0.5) is 10.1 Å². The van der Waals surface area contributed by atoms with Crippen LogP contribution in [0.1, 0.15) is 5.56 Å². The molecule has 0 heterocycles. The van der Waals surface area contributed by atoms with E-state index in [1.165, 1.54) is 18.6 Å². The average molecular weight is 228 g/mol. The Labute approximate surface area is 99.1 Å². The van der Waals surface area contributed by atoms with Crippen molar-refractivity contribution < 1.29 is 9.18 Å². The Morgan fingerprint density at radius 3 is 2.29 bits per heavy atom. The van der Waals surface area contributed by atoms with Gasteiger partial charge in [-0.15, -0.1) is 0 Å². The maximum atomic E-state index is 12.7. The summed E-state index contributed by atoms with van der Waals surface area (Å²) in [6.07, 6.45) is 1.42. The summed E-state index contributed by atoms with van der Waals surface area (Å²) in [4.78, 5) is 11.6. The van der Waals surface area contributed by atoms with Crippen LogP contribution in [0.25, 0.3) is 0 Å². The quantitative estimate of drug-likeness (QED) is 0.859. The minimum Gasteiger partial charge on any atom is -0.326 e. The highest BCUT2D eigenvalue weighted by Gasteiger charge is 2.04. The Hall–Kier alpha value is -2.16. The first-order valence-electron chi connectivity index (χ1n) is 5.20. The van der Waals surface area contributed by atoms with Gasteiger partial charge in [0.2, 0.25) is 5.91 Å². The van der Waals surface area contributed by atoms with Gasteiger partial charge in [-0.25, -0.2) is 4.39 Å². The van der Waals surface area contributed by atoms with Gasteiger partial charge >= 0.3 is 0 Å². The van der Waals surface area contributed by atoms with Crippen molar-refractivity contribution in [2.24, 2.45) is 0 Å². The molecule has 2 aromatic rings. The van der Waals surface area contributed by atoms with Crippen LogP contribution in [0.5, 0.6) is 0 Å². The van der Waals surface area contributed by atoms with E-state index >= 15 is 0 Å². The fourth-order valence-corrected chi connectivity index (χ4v) is 1.41. The molecule has 1 amide bonds. The molecular weight excluding hydrogens is 217 g/mol. The Kier molecular flexibility index (Phi) is 3.50. The normalized spacial score (nSPS) is 9.94. The van der Waals surface area contributed by atoms with Crippen molar-refractivity contribution in [3.63, 3.8) is 0 Å². The lowest BCUT2D eigenvalue weighted by atomic mass is 10.1. The van der Waals surface area contributed by atoms with Gasteiger partial charge in [-0.3, -0.25) is 4.79 Å². The highest BCUT2D eigenvalue weighted by atomic mass is 19.1. The molecule has 17 heavy (non-hydrogen) atoms. The summed E-state index contributed by atoms with van der Waals surface area (Å²) in [5, 5.41) is 2.72. The maximum Gasteiger partial charge on any atom is 0.233 e. The monoisotopic (exact) mass is 228 g/mol. The lowest BCUT2D eigenvalue weighted by Crippen LogP contribution is -2.12. The maximum absolute atomic E-state index is 12.7. The molecule has 0 aromatic heterocycles. The van der Waals surface area contributed by atoms with Crippen molar-refractivity contribution in [1.29, 1.82) is 0 Å². The molecule has 0 aliphatic heterocycles. The number of hydrogen-bond acceptors (Lipinski definition) is 1. The number of anilines is 1. The van der Waals surface area contributed by atoms with Crippen LogP contribution in [0, 0.1) is 12.2 Å². The van der Waals surface area contributed by atoms with Gasteiger partial charge in [0, 0.05) is 5.69 Å². The Bertz CT molecular complexity index is 493. The van der Waals surface area contributed by atoms with Crippen molar-refractivity contribution in [3.05, 3.63) is 72.4 Å². The molecule has 1 N–H and O–H groups in total. The first-order valence-corrected chi connectivity index (χ1v) is 5.20. The molecule has 85 valence electrons. The number of nitrogens with one attached hydrogen (secondary N) is 1. The van der Waals surface area contributed by atoms with E-state index in [-0.39, 0.29) is 11.7 Å². The van der Waals surface area contributed by atoms with Gasteiger partial charge < -0.3 is 5.32 Å². The zero-order valence-electron chi connectivity index (χ0n) is 9.06. The number of carbonyl (C=O) groups is 1. The summed E-state index contributed by atoms with van der Waals surface area (Å²) in [5.41, 5.74) is 1.40. The van der Waals surface area contributed by atoms with Crippen LogP contribution < -0.4 is 5.32 Å². The predicted octanol–water partition coefficient (Wildman–Crippen LogP) is 3.02. The molecule has 0 fully saturated rings. The molecule has 0 aliphatic carbocycles. The highest BCUT2D eigenvalue weighted by molar-refractivity contribution is 5.99. The van der Waals surface area contributed by atoms with Crippen LogP contribution in [-0.2, 0) is 4.79 Å². The second-order valence-electron chi connectivity index (χ2n) is 3.55. The third-order valence-corrected chi connectivity index (χ3v) is 2.21. The van der Waals surface area contributed by atoms with E-state index in [9.17, 15) is 9.18 Å². The van der Waals surface area contributed by atoms with Crippen molar-refractivity contribution >= 4 is 11.6 Å². The zero-order valence-corrected chi connectivity index (χ0v) is 9.06. The van der Waals surface area contributed by atoms with Crippen molar-refractivity contribution in [2.75, 3.05) is 5.32 Å². The van der Waals surface area contributed by atoms with E-state index in [0.717, 1.165) is 5.69 Å². The third kappa shape index (κ3) is 3.41. The summed E-state index contributed by atoms with van der Waals surface area (Å²) < 4.78 is 12.7. The van der Waals surface area contributed by atoms with Gasteiger partial charge in [-0.1, -0.05) is 30.3 Å². The molecular formula is C14H11FNO. The summed E-state index contributed by atoms with van der Waals surface area (Å²) in [7, 11) is 0. The summed E-state index contributed by atoms with van der Waals surface area (Å²) in [6, 6.07) is 14.9. The molecule has 2 aromatic carbocycles. The van der Waals surface area contributed by atoms with Gasteiger partial charge in [0.05, 0.1) is 6.42 Å². The third-order valence-electron chi connectivity index (χ3n) is 2.21. The fraction of sp³-hybridized carbons (Fsp3) is 0. The smallest absolute Gasteiger partial charge is 0.233 e. The van der Waals surface area contributed by atoms with Crippen LogP contribution in [0.15, 0.2) is 54.6 Å². The molecule has 0 aliphatic rings. The fourth-order valence-electron chi connectivity index (χ4n) is 1.41. The number of benzene rings is 2. The van der Waals surface area contributed by atoms with Crippen molar-refractivity contribution in [2.45, 2.75) is 0 Å². The molecule has 1 radical (unpaired) electrons. The lowest BCUT2D eigenvalue weighted by molar-refractivity contribution is -0.112. The van der Waals surface area contributed by atoms with E-state index in [4.69, 9.17) is 0 Å². The predicted molar refractivity (Wildman–Crippen MR) is 64.9 cm³/mol. The molecule has 2 nitrogen and oxygen atoms in total. The average Bonchev–Trinajstić information content (AvgIpc) is 2.33. The number of halogens is 1. The molecule has 0 spiro atoms. The zero-order chi connectivity index (χ0) is 12.1. The largest absolute Gasteiger partial charge is 0.326 e. The summed E-state index contributed by atoms with van der Waals surface area (Å²) in [5.74, 6) is -0.548. The second-order valence-corrected chi connectivity index (χ2v) is 3.55. The lowest BCUT2D eigenvalue weighted by Gasteiger charge is -2.04. The number of carbonyl (C=O) groups excluding carboxylic acids is 1. The summed E-state index contributed by atoms with van der Waals surface area (Å²) in [6.45, 7) is 0. The van der Waals surface area contributed by atoms with Gasteiger partial charge in [0.15, 0.2) is 0 Å². The molecule has 3 heteroatoms. The van der Waals surface area contributed by atoms with Crippen LogP contribution in [0.3, 0.4) is 0 Å². The summed E-state index contributed by atoms with van der Waals surface area (Å²) >= 11 is 0. The minimum absolute atomic E-state index is 0.234. The second kappa shape index (κ2) is 5.25. The van der Waals surface area contributed by atoms with Gasteiger partial charge in [-0.2, -0.15) is 0 Å². The van der Waals surface area contributed by atoms with Crippen LogP contribution >= 0.6 is 0 Å². The topological polar surface area (TPSA) is 29.1 Å². The van der Waals surface area contributed by atoms with Gasteiger partial charge in [0.1, 0.15) is 5.82 Å². The van der Waals surface area contributed by atoms with E-state index in [1.54, 1.807) is 24.3 Å². The number of rotatable bonds is 3. The molecule has 2 rings (SSSR count). The Morgan fingerprint density at radius 2 is 1.65 bits per heavy atom. The van der Waals surface area contributed by atoms with Crippen molar-refractivity contribution in [3.8, 4) is 0 Å². The van der Waals surface area contributed by atoms with Crippen LogP contribution in [0.2, 0.25) is 0 Å². The molecule has 0 saturated carbocycles. The van der Waals surface area contributed by atoms with Crippen molar-refractivity contribution in [1.82, 2.24) is 0 Å². The standard InChI is InChI=1S/C14H11FNO/c15-12-8-6-11(7-9-12)10-14(17)16-13-4-2-1-3-5-13/h1-10H,(H,16,17). The van der Waals surface area contributed by atoms with E-state index < -0.39 is 0 Å². The van der Waals surface area contributed by atoms with Gasteiger partial charge in [-0.05, 0) is 29.8 Å². The first kappa shape index (κ1) is 11.3. The van der Waals surface area contributed by atoms with E-state index in [0.29, 0.717) is 5.56 Å². The Morgan fingerprint density at radius 1 is 1.00 bits per heavy atom. The number of hydrogen-bond donors (Lipinski definition) is 1. The molecule has 0 unspecified atom stereocenters. The number of amides is 1. The van der Waals surface area contributed by atoms with Gasteiger partial charge in [0.25, 0.3) is 0 Å². The highest BCUT2D eigenvalue weighted by Crippen LogP contribution is 2.09. The SMILES string of the molecule is O=C([CH]c1ccc(F)cc1)Nc1ccccc1. The van der Waals surface area contributed by atoms with Crippen LogP contribution in [-0.4, -0.2) is 5.91 Å². The van der Waals surface area contributed by atoms with E-state index in [1.807, 2.05) is 18.2 Å². The first-order chi connectivity index (χ1) is 8.24. The van der Waals surface area contributed by atoms with E-state index in [2.05, 4.69) is 5.32 Å². The molecule has 0 saturated heterocycles. The molecule has 0 bridgehead atoms.